The second kappa shape index (κ2) is 17.4. The number of aromatic nitrogens is 14. The number of anilines is 4. The first-order valence-corrected chi connectivity index (χ1v) is 21.1. The molecule has 0 saturated carbocycles. The molecule has 0 atom stereocenters. The Balaban J connectivity index is 0.0000000923. The van der Waals surface area contributed by atoms with Crippen molar-refractivity contribution in [2.45, 2.75) is 39.0 Å². The maximum atomic E-state index is 11.3. The van der Waals surface area contributed by atoms with Gasteiger partial charge in [-0.05, 0) is 67.1 Å². The molecule has 5 aliphatic heterocycles. The molecule has 5 aliphatic rings. The van der Waals surface area contributed by atoms with Crippen LogP contribution in [0.4, 0.5) is 32.9 Å². The van der Waals surface area contributed by atoms with Gasteiger partial charge in [0.05, 0.1) is 26.4 Å². The highest BCUT2D eigenvalue weighted by Gasteiger charge is 2.19. The molecular formula is C42H38N20O5. The van der Waals surface area contributed by atoms with Crippen LogP contribution >= 0.6 is 0 Å². The van der Waals surface area contributed by atoms with Gasteiger partial charge in [-0.15, -0.1) is 40.8 Å². The maximum Gasteiger partial charge on any atom is 0.413 e. The molecule has 0 unspecified atom stereocenters. The minimum Gasteiger partial charge on any atom is -0.478 e. The van der Waals surface area contributed by atoms with E-state index in [9.17, 15) is 14.4 Å². The number of rotatable bonds is 0. The molecule has 15 heterocycles. The summed E-state index contributed by atoms with van der Waals surface area (Å²) in [5.41, 5.74) is 5.17. The van der Waals surface area contributed by atoms with E-state index in [0.29, 0.717) is 42.7 Å². The Kier molecular flexibility index (Phi) is 10.5. The molecule has 10 aromatic heterocycles. The first kappa shape index (κ1) is 40.5. The van der Waals surface area contributed by atoms with Gasteiger partial charge in [-0.2, -0.15) is 0 Å². The van der Waals surface area contributed by atoms with Crippen LogP contribution in [0.2, 0.25) is 0 Å². The molecule has 67 heavy (non-hydrogen) atoms. The van der Waals surface area contributed by atoms with Gasteiger partial charge in [0.1, 0.15) is 34.7 Å². The summed E-state index contributed by atoms with van der Waals surface area (Å²) in [7, 11) is 0. The maximum absolute atomic E-state index is 11.3. The Morgan fingerprint density at radius 2 is 1.06 bits per heavy atom. The number of nitrogens with one attached hydrogen (secondary N) is 6. The van der Waals surface area contributed by atoms with Crippen LogP contribution in [-0.4, -0.2) is 99.1 Å². The molecule has 25 heteroatoms. The molecule has 0 aromatic carbocycles. The van der Waals surface area contributed by atoms with E-state index in [4.69, 9.17) is 9.47 Å². The standard InChI is InChI=1S/C10H9N3O.C8H7N5O.C8H9N5.C8H6N4O2.C8H7N3O/c14-10-5-4-7-6-11-8-2-1-3-9(12-10)13(7)8;14-8-9-4-7-12-11-6-3-1-2-5(10-8)13(6)7;1-2-6-10-5-9-4-8-12-11-7(3-1)13(6)8;13-8-9-5-2-1-3-6-10-11-7(4-14-8)12(5)6;1-2-6-9-10-7-4-5-12-8(3-1)11(6)7/h1-3,6H,4-5H2,(H,12,14);1-3H,4H2,(H2,9,10,14);1-3,9-10H,4-5H2;1-3H,4H2,(H,9,13);1-3H,4-5H2. The number of imidazole rings is 1. The van der Waals surface area contributed by atoms with Crippen LogP contribution in [-0.2, 0) is 42.1 Å². The van der Waals surface area contributed by atoms with Gasteiger partial charge in [0.2, 0.25) is 11.8 Å². The predicted molar refractivity (Wildman–Crippen MR) is 238 cm³/mol. The van der Waals surface area contributed by atoms with E-state index >= 15 is 0 Å². The van der Waals surface area contributed by atoms with Gasteiger partial charge in [0.15, 0.2) is 46.7 Å². The Bertz CT molecular complexity index is 3270. The molecule has 4 amide bonds. The summed E-state index contributed by atoms with van der Waals surface area (Å²) in [6, 6.07) is 28.1. The van der Waals surface area contributed by atoms with E-state index in [-0.39, 0.29) is 18.5 Å². The zero-order valence-corrected chi connectivity index (χ0v) is 35.2. The van der Waals surface area contributed by atoms with Crippen LogP contribution in [0.1, 0.15) is 35.4 Å². The number of cyclic esters (lactones) is 1. The molecule has 25 nitrogen and oxygen atoms in total. The molecule has 336 valence electrons. The summed E-state index contributed by atoms with van der Waals surface area (Å²) in [6.45, 7) is 2.76. The van der Waals surface area contributed by atoms with Gasteiger partial charge in [0.25, 0.3) is 0 Å². The summed E-state index contributed by atoms with van der Waals surface area (Å²) in [5, 5.41) is 49.3. The van der Waals surface area contributed by atoms with Crippen molar-refractivity contribution in [2.75, 3.05) is 34.5 Å². The predicted octanol–water partition coefficient (Wildman–Crippen LogP) is 3.24. The van der Waals surface area contributed by atoms with Crippen molar-refractivity contribution >= 4 is 69.5 Å². The van der Waals surface area contributed by atoms with E-state index in [1.54, 1.807) is 16.5 Å². The number of carbonyl (C=O) groups excluding carboxylic acids is 3. The Morgan fingerprint density at radius 3 is 1.81 bits per heavy atom. The second-order valence-electron chi connectivity index (χ2n) is 15.1. The third kappa shape index (κ3) is 8.00. The summed E-state index contributed by atoms with van der Waals surface area (Å²) in [4.78, 5) is 37.9. The fraction of sp³-hybridized carbons (Fsp3) is 0.190. The normalized spacial score (nSPS) is 15.0. The summed E-state index contributed by atoms with van der Waals surface area (Å²) in [6.07, 6.45) is 3.49. The van der Waals surface area contributed by atoms with Crippen LogP contribution < -0.4 is 36.6 Å². The Morgan fingerprint density at radius 1 is 0.478 bits per heavy atom. The average Bonchev–Trinajstić information content (AvgIpc) is 4.16. The summed E-state index contributed by atoms with van der Waals surface area (Å²) >= 11 is 0. The van der Waals surface area contributed by atoms with Crippen molar-refractivity contribution in [2.24, 2.45) is 0 Å². The van der Waals surface area contributed by atoms with E-state index in [1.807, 2.05) is 103 Å². The van der Waals surface area contributed by atoms with E-state index in [0.717, 1.165) is 89.3 Å². The molecule has 0 aliphatic carbocycles. The molecule has 0 spiro atoms. The Hall–Kier alpha value is -9.26. The number of ether oxygens (including phenoxy) is 2. The number of amides is 4. The highest BCUT2D eigenvalue weighted by molar-refractivity contribution is 5.91. The lowest BCUT2D eigenvalue weighted by atomic mass is 10.2. The fourth-order valence-electron chi connectivity index (χ4n) is 7.89. The van der Waals surface area contributed by atoms with Crippen molar-refractivity contribution < 1.29 is 23.9 Å². The number of carbonyl (C=O) groups is 3. The van der Waals surface area contributed by atoms with Crippen LogP contribution in [0.3, 0.4) is 0 Å². The lowest BCUT2D eigenvalue weighted by molar-refractivity contribution is -0.116. The van der Waals surface area contributed by atoms with Crippen molar-refractivity contribution in [1.82, 2.24) is 78.4 Å². The van der Waals surface area contributed by atoms with Crippen LogP contribution in [0.15, 0.2) is 97.2 Å². The highest BCUT2D eigenvalue weighted by Crippen LogP contribution is 2.22. The van der Waals surface area contributed by atoms with Gasteiger partial charge in [-0.1, -0.05) is 30.3 Å². The zero-order chi connectivity index (χ0) is 45.3. The Labute approximate surface area is 376 Å². The van der Waals surface area contributed by atoms with E-state index in [2.05, 4.69) is 77.7 Å². The van der Waals surface area contributed by atoms with Crippen LogP contribution in [0, 0.1) is 0 Å². The monoisotopic (exact) mass is 902 g/mol. The number of aryl methyl sites for hydroxylation is 1. The average molecular weight is 903 g/mol. The van der Waals surface area contributed by atoms with Gasteiger partial charge < -0.3 is 25.4 Å². The first-order valence-electron chi connectivity index (χ1n) is 21.1. The van der Waals surface area contributed by atoms with Gasteiger partial charge in [-0.3, -0.25) is 38.3 Å². The third-order valence-electron chi connectivity index (χ3n) is 10.9. The van der Waals surface area contributed by atoms with Crippen molar-refractivity contribution in [3.8, 4) is 5.88 Å². The topological polar surface area (TPSA) is 280 Å². The minimum absolute atomic E-state index is 0.0706. The third-order valence-corrected chi connectivity index (χ3v) is 10.9. The van der Waals surface area contributed by atoms with Gasteiger partial charge >= 0.3 is 12.1 Å². The van der Waals surface area contributed by atoms with Crippen LogP contribution in [0.5, 0.6) is 5.88 Å². The van der Waals surface area contributed by atoms with Crippen molar-refractivity contribution in [3.63, 3.8) is 0 Å². The first-order chi connectivity index (χ1) is 32.9. The second-order valence-corrected chi connectivity index (χ2v) is 15.1. The summed E-state index contributed by atoms with van der Waals surface area (Å²) < 4.78 is 19.8. The van der Waals surface area contributed by atoms with Crippen molar-refractivity contribution in [3.05, 3.63) is 126 Å². The number of urea groups is 1. The molecule has 0 bridgehead atoms. The van der Waals surface area contributed by atoms with Crippen LogP contribution in [0.25, 0.3) is 28.2 Å². The molecule has 0 saturated heterocycles. The van der Waals surface area contributed by atoms with Gasteiger partial charge in [-0.25, -0.2) is 19.0 Å². The van der Waals surface area contributed by atoms with Crippen molar-refractivity contribution in [1.29, 1.82) is 0 Å². The molecule has 15 rings (SSSR count). The molecule has 10 aromatic rings. The van der Waals surface area contributed by atoms with Gasteiger partial charge in [0, 0.05) is 24.7 Å². The molecular weight excluding hydrogens is 865 g/mol. The SMILES string of the molecule is O=C1CCc2cnc3cccc(n23)N1.O=C1NCc2nnc3cccc(n23)N1.O=C1Nc2cccc3nnc(n23)CO1.c1cc2n3c(nnc3c1)CCO2.c1cc2n3c(nnc3c1)CNCN2. The smallest absolute Gasteiger partial charge is 0.413 e. The molecule has 0 fully saturated rings. The minimum atomic E-state index is -0.469. The zero-order valence-electron chi connectivity index (χ0n) is 35.2. The molecule has 0 radical (unpaired) electrons. The quantitative estimate of drug-likeness (QED) is 0.127. The number of pyridine rings is 5. The lowest BCUT2D eigenvalue weighted by Crippen LogP contribution is -2.26. The fourth-order valence-corrected chi connectivity index (χ4v) is 7.89. The highest BCUT2D eigenvalue weighted by atomic mass is 16.5. The largest absolute Gasteiger partial charge is 0.478 e. The van der Waals surface area contributed by atoms with E-state index < -0.39 is 6.09 Å². The van der Waals surface area contributed by atoms with E-state index in [1.165, 1.54) is 0 Å². The molecule has 6 N–H and O–H groups in total. The lowest BCUT2D eigenvalue weighted by Gasteiger charge is -2.13. The number of nitrogens with zero attached hydrogens (tertiary/aromatic N) is 14. The summed E-state index contributed by atoms with van der Waals surface area (Å²) in [5.74, 6) is 7.40. The number of hydrogen-bond acceptors (Lipinski definition) is 16. The number of hydrogen-bond donors (Lipinski definition) is 6.